The molecule has 0 N–H and O–H groups in total. The summed E-state index contributed by atoms with van der Waals surface area (Å²) in [5, 5.41) is 0. The summed E-state index contributed by atoms with van der Waals surface area (Å²) in [7, 11) is 0. The first kappa shape index (κ1) is 17.8. The van der Waals surface area contributed by atoms with Crippen LogP contribution < -0.4 is 4.74 Å². The van der Waals surface area contributed by atoms with E-state index in [4.69, 9.17) is 9.47 Å². The van der Waals surface area contributed by atoms with E-state index in [1.54, 1.807) is 0 Å². The van der Waals surface area contributed by atoms with Crippen LogP contribution in [0.25, 0.3) is 0 Å². The molecule has 1 fully saturated rings. The third-order valence-electron chi connectivity index (χ3n) is 4.38. The number of aryl methyl sites for hydroxylation is 2. The van der Waals surface area contributed by atoms with E-state index >= 15 is 0 Å². The van der Waals surface area contributed by atoms with E-state index < -0.39 is 0 Å². The molecule has 128 valence electrons. The Labute approximate surface area is 139 Å². The molecule has 1 atom stereocenters. The summed E-state index contributed by atoms with van der Waals surface area (Å²) in [6.07, 6.45) is 2.60. The average Bonchev–Trinajstić information content (AvgIpc) is 2.83. The van der Waals surface area contributed by atoms with Crippen molar-refractivity contribution in [3.05, 3.63) is 28.8 Å². The summed E-state index contributed by atoms with van der Waals surface area (Å²) in [4.78, 5) is 14.8. The number of ether oxygens (including phenoxy) is 2. The van der Waals surface area contributed by atoms with Gasteiger partial charge in [0, 0.05) is 12.6 Å². The number of carbonyl (C=O) groups excluding carboxylic acids is 1. The summed E-state index contributed by atoms with van der Waals surface area (Å²) in [5.41, 5.74) is 2.47. The Morgan fingerprint density at radius 2 is 1.96 bits per heavy atom. The number of hydrogen-bond donors (Lipinski definition) is 0. The van der Waals surface area contributed by atoms with Crippen molar-refractivity contribution in [1.29, 1.82) is 0 Å². The molecule has 0 amide bonds. The molecule has 23 heavy (non-hydrogen) atoms. The Hall–Kier alpha value is -1.55. The first-order chi connectivity index (χ1) is 10.9. The molecule has 4 heteroatoms. The molecule has 1 aliphatic heterocycles. The minimum absolute atomic E-state index is 0.119. The molecule has 4 nitrogen and oxygen atoms in total. The third-order valence-corrected chi connectivity index (χ3v) is 4.38. The quantitative estimate of drug-likeness (QED) is 0.749. The van der Waals surface area contributed by atoms with Crippen molar-refractivity contribution >= 4 is 5.97 Å². The number of carbonyl (C=O) groups is 1. The van der Waals surface area contributed by atoms with E-state index in [-0.39, 0.29) is 12.1 Å². The van der Waals surface area contributed by atoms with E-state index in [2.05, 4.69) is 11.8 Å². The van der Waals surface area contributed by atoms with Crippen molar-refractivity contribution < 1.29 is 14.3 Å². The highest BCUT2D eigenvalue weighted by atomic mass is 16.5. The lowest BCUT2D eigenvalue weighted by atomic mass is 10.0. The van der Waals surface area contributed by atoms with Crippen LogP contribution in [0.3, 0.4) is 0 Å². The number of rotatable bonds is 6. The van der Waals surface area contributed by atoms with Crippen molar-refractivity contribution in [3.63, 3.8) is 0 Å². The van der Waals surface area contributed by atoms with Gasteiger partial charge in [-0.05, 0) is 77.3 Å². The van der Waals surface area contributed by atoms with E-state index in [0.29, 0.717) is 18.2 Å². The molecule has 1 aromatic carbocycles. The van der Waals surface area contributed by atoms with Gasteiger partial charge in [0.05, 0.1) is 11.7 Å². The molecule has 1 aliphatic rings. The van der Waals surface area contributed by atoms with Crippen LogP contribution in [0.5, 0.6) is 5.75 Å². The van der Waals surface area contributed by atoms with Crippen LogP contribution in [0.2, 0.25) is 0 Å². The molecule has 0 saturated carbocycles. The predicted molar refractivity (Wildman–Crippen MR) is 92.2 cm³/mol. The Balaban J connectivity index is 1.96. The van der Waals surface area contributed by atoms with Crippen LogP contribution in [0.15, 0.2) is 12.1 Å². The highest BCUT2D eigenvalue weighted by Gasteiger charge is 2.21. The van der Waals surface area contributed by atoms with E-state index in [1.807, 2.05) is 39.8 Å². The number of likely N-dealkylation sites (tertiary alicyclic amines) is 1. The van der Waals surface area contributed by atoms with Crippen molar-refractivity contribution in [2.75, 3.05) is 19.7 Å². The molecule has 1 unspecified atom stereocenters. The Morgan fingerprint density at radius 3 is 2.48 bits per heavy atom. The fourth-order valence-corrected chi connectivity index (χ4v) is 3.24. The second kappa shape index (κ2) is 7.82. The van der Waals surface area contributed by atoms with Crippen LogP contribution in [-0.4, -0.2) is 42.7 Å². The maximum Gasteiger partial charge on any atom is 0.338 e. The SMILES string of the molecule is Cc1cc(OC(C)C)cc(C)c1C(=O)OCCN1CCCC1C. The second-order valence-electron chi connectivity index (χ2n) is 6.76. The van der Waals surface area contributed by atoms with Gasteiger partial charge in [-0.3, -0.25) is 4.90 Å². The van der Waals surface area contributed by atoms with Crippen molar-refractivity contribution in [3.8, 4) is 5.75 Å². The number of benzene rings is 1. The van der Waals surface area contributed by atoms with Gasteiger partial charge >= 0.3 is 5.97 Å². The molecular weight excluding hydrogens is 290 g/mol. The van der Waals surface area contributed by atoms with E-state index in [1.165, 1.54) is 12.8 Å². The van der Waals surface area contributed by atoms with E-state index in [0.717, 1.165) is 30.0 Å². The first-order valence-electron chi connectivity index (χ1n) is 8.57. The van der Waals surface area contributed by atoms with Gasteiger partial charge in [-0.1, -0.05) is 0 Å². The van der Waals surface area contributed by atoms with Crippen molar-refractivity contribution in [2.24, 2.45) is 0 Å². The molecular formula is C19H29NO3. The maximum absolute atomic E-state index is 12.4. The first-order valence-corrected chi connectivity index (χ1v) is 8.57. The van der Waals surface area contributed by atoms with Crippen LogP contribution in [0.1, 0.15) is 55.1 Å². The van der Waals surface area contributed by atoms with Crippen molar-refractivity contribution in [1.82, 2.24) is 4.90 Å². The molecule has 0 spiro atoms. The summed E-state index contributed by atoms with van der Waals surface area (Å²) in [6, 6.07) is 4.42. The zero-order chi connectivity index (χ0) is 17.0. The smallest absolute Gasteiger partial charge is 0.338 e. The zero-order valence-corrected chi connectivity index (χ0v) is 15.0. The average molecular weight is 319 g/mol. The molecule has 0 radical (unpaired) electrons. The van der Waals surface area contributed by atoms with Crippen LogP contribution in [0, 0.1) is 13.8 Å². The lowest BCUT2D eigenvalue weighted by Crippen LogP contribution is -2.31. The number of hydrogen-bond acceptors (Lipinski definition) is 4. The minimum atomic E-state index is -0.233. The summed E-state index contributed by atoms with van der Waals surface area (Å²) < 4.78 is 11.2. The topological polar surface area (TPSA) is 38.8 Å². The lowest BCUT2D eigenvalue weighted by Gasteiger charge is -2.21. The standard InChI is InChI=1S/C19H29NO3/c1-13(2)23-17-11-14(3)18(15(4)12-17)19(21)22-10-9-20-8-6-7-16(20)5/h11-13,16H,6-10H2,1-5H3. The maximum atomic E-state index is 12.4. The van der Waals surface area contributed by atoms with E-state index in [9.17, 15) is 4.79 Å². The highest BCUT2D eigenvalue weighted by molar-refractivity contribution is 5.93. The van der Waals surface area contributed by atoms with Crippen LogP contribution in [0.4, 0.5) is 0 Å². The zero-order valence-electron chi connectivity index (χ0n) is 15.0. The Morgan fingerprint density at radius 1 is 1.30 bits per heavy atom. The summed E-state index contributed by atoms with van der Waals surface area (Å²) in [6.45, 7) is 12.5. The van der Waals surface area contributed by atoms with Crippen LogP contribution in [-0.2, 0) is 4.74 Å². The molecule has 0 aromatic heterocycles. The predicted octanol–water partition coefficient (Wildman–Crippen LogP) is 3.73. The number of esters is 1. The van der Waals surface area contributed by atoms with Gasteiger partial charge in [0.2, 0.25) is 0 Å². The number of nitrogens with zero attached hydrogens (tertiary/aromatic N) is 1. The molecule has 1 heterocycles. The van der Waals surface area contributed by atoms with Gasteiger partial charge in [0.25, 0.3) is 0 Å². The van der Waals surface area contributed by atoms with Crippen LogP contribution >= 0.6 is 0 Å². The fraction of sp³-hybridized carbons (Fsp3) is 0.632. The lowest BCUT2D eigenvalue weighted by molar-refractivity contribution is 0.0456. The molecule has 0 aliphatic carbocycles. The fourth-order valence-electron chi connectivity index (χ4n) is 3.24. The van der Waals surface area contributed by atoms with Crippen molar-refractivity contribution in [2.45, 2.75) is 59.6 Å². The Kier molecular flexibility index (Phi) is 6.05. The Bertz CT molecular complexity index is 531. The van der Waals surface area contributed by atoms with Gasteiger partial charge in [-0.25, -0.2) is 4.79 Å². The molecule has 1 saturated heterocycles. The second-order valence-corrected chi connectivity index (χ2v) is 6.76. The normalized spacial score (nSPS) is 18.4. The summed E-state index contributed by atoms with van der Waals surface area (Å²) >= 11 is 0. The van der Waals surface area contributed by atoms with Gasteiger partial charge in [0.15, 0.2) is 0 Å². The van der Waals surface area contributed by atoms with Gasteiger partial charge < -0.3 is 9.47 Å². The minimum Gasteiger partial charge on any atom is -0.491 e. The summed E-state index contributed by atoms with van der Waals surface area (Å²) in [5.74, 6) is 0.570. The highest BCUT2D eigenvalue weighted by Crippen LogP contribution is 2.23. The molecule has 2 rings (SSSR count). The van der Waals surface area contributed by atoms with Gasteiger partial charge in [0.1, 0.15) is 12.4 Å². The van der Waals surface area contributed by atoms with Gasteiger partial charge in [-0.15, -0.1) is 0 Å². The molecule has 0 bridgehead atoms. The monoisotopic (exact) mass is 319 g/mol. The van der Waals surface area contributed by atoms with Gasteiger partial charge in [-0.2, -0.15) is 0 Å². The molecule has 1 aromatic rings. The third kappa shape index (κ3) is 4.71. The largest absolute Gasteiger partial charge is 0.491 e.